The molecule has 1 unspecified atom stereocenters. The van der Waals surface area contributed by atoms with Gasteiger partial charge < -0.3 is 0 Å². The Balaban J connectivity index is 2.92. The van der Waals surface area contributed by atoms with E-state index in [9.17, 15) is 0 Å². The Kier molecular flexibility index (Phi) is 6.93. The van der Waals surface area contributed by atoms with E-state index in [1.807, 2.05) is 0 Å². The first kappa shape index (κ1) is 16.6. The van der Waals surface area contributed by atoms with E-state index in [1.54, 1.807) is 0 Å². The van der Waals surface area contributed by atoms with E-state index in [0.29, 0.717) is 11.8 Å². The van der Waals surface area contributed by atoms with Gasteiger partial charge in [-0.15, -0.1) is 11.6 Å². The smallest absolute Gasteiger partial charge is 0.0588 e. The third kappa shape index (κ3) is 4.84. The van der Waals surface area contributed by atoms with Crippen molar-refractivity contribution in [2.45, 2.75) is 77.5 Å². The monoisotopic (exact) mass is 280 g/mol. The summed E-state index contributed by atoms with van der Waals surface area (Å²) in [5, 5.41) is 0.171. The molecule has 0 fully saturated rings. The molecule has 108 valence electrons. The molecule has 0 heterocycles. The van der Waals surface area contributed by atoms with Gasteiger partial charge in [-0.1, -0.05) is 72.1 Å². The highest BCUT2D eigenvalue weighted by Gasteiger charge is 2.15. The summed E-state index contributed by atoms with van der Waals surface area (Å²) in [6.07, 6.45) is 4.86. The average Bonchev–Trinajstić information content (AvgIpc) is 2.38. The van der Waals surface area contributed by atoms with Gasteiger partial charge in [0.25, 0.3) is 0 Å². The number of rotatable bonds is 7. The zero-order valence-electron chi connectivity index (χ0n) is 13.2. The van der Waals surface area contributed by atoms with Crippen LogP contribution in [0.2, 0.25) is 0 Å². The topological polar surface area (TPSA) is 0 Å². The maximum Gasteiger partial charge on any atom is 0.0588 e. The second-order valence-corrected chi connectivity index (χ2v) is 6.69. The highest BCUT2D eigenvalue weighted by molar-refractivity contribution is 6.20. The second-order valence-electron chi connectivity index (χ2n) is 6.16. The number of hydrogen-bond acceptors (Lipinski definition) is 0. The van der Waals surface area contributed by atoms with Crippen LogP contribution in [0.15, 0.2) is 18.2 Å². The van der Waals surface area contributed by atoms with Crippen LogP contribution in [0.25, 0.3) is 0 Å². The SMILES string of the molecule is CCCCCC(Cl)c1ccc(C(C)C)cc1C(C)C. The Morgan fingerprint density at radius 1 is 0.947 bits per heavy atom. The minimum Gasteiger partial charge on any atom is -0.118 e. The van der Waals surface area contributed by atoms with Crippen molar-refractivity contribution in [3.8, 4) is 0 Å². The first-order chi connectivity index (χ1) is 8.97. The van der Waals surface area contributed by atoms with Gasteiger partial charge in [-0.05, 0) is 34.9 Å². The van der Waals surface area contributed by atoms with Crippen LogP contribution >= 0.6 is 11.6 Å². The van der Waals surface area contributed by atoms with Crippen LogP contribution in [0.5, 0.6) is 0 Å². The van der Waals surface area contributed by atoms with E-state index in [2.05, 4.69) is 52.8 Å². The number of benzene rings is 1. The lowest BCUT2D eigenvalue weighted by atomic mass is 9.89. The van der Waals surface area contributed by atoms with Crippen LogP contribution in [0.4, 0.5) is 0 Å². The molecule has 0 saturated heterocycles. The zero-order chi connectivity index (χ0) is 14.4. The number of hydrogen-bond donors (Lipinski definition) is 0. The van der Waals surface area contributed by atoms with Crippen molar-refractivity contribution in [3.63, 3.8) is 0 Å². The van der Waals surface area contributed by atoms with Crippen LogP contribution in [0, 0.1) is 0 Å². The van der Waals surface area contributed by atoms with Crippen LogP contribution in [0.1, 0.15) is 94.2 Å². The van der Waals surface area contributed by atoms with Gasteiger partial charge in [0.2, 0.25) is 0 Å². The van der Waals surface area contributed by atoms with Crippen molar-refractivity contribution in [2.75, 3.05) is 0 Å². The Hall–Kier alpha value is -0.490. The summed E-state index contributed by atoms with van der Waals surface area (Å²) in [6, 6.07) is 6.87. The summed E-state index contributed by atoms with van der Waals surface area (Å²) in [7, 11) is 0. The van der Waals surface area contributed by atoms with Gasteiger partial charge >= 0.3 is 0 Å². The summed E-state index contributed by atoms with van der Waals surface area (Å²) in [6.45, 7) is 11.3. The fraction of sp³-hybridized carbons (Fsp3) is 0.667. The molecule has 0 bridgehead atoms. The lowest BCUT2D eigenvalue weighted by molar-refractivity contribution is 0.649. The highest BCUT2D eigenvalue weighted by atomic mass is 35.5. The van der Waals surface area contributed by atoms with Crippen molar-refractivity contribution in [1.82, 2.24) is 0 Å². The van der Waals surface area contributed by atoms with Gasteiger partial charge in [0.15, 0.2) is 0 Å². The van der Waals surface area contributed by atoms with Gasteiger partial charge in [0, 0.05) is 0 Å². The average molecular weight is 281 g/mol. The van der Waals surface area contributed by atoms with Gasteiger partial charge in [-0.3, -0.25) is 0 Å². The predicted molar refractivity (Wildman–Crippen MR) is 87.4 cm³/mol. The Labute approximate surface area is 124 Å². The summed E-state index contributed by atoms with van der Waals surface area (Å²) in [4.78, 5) is 0. The molecule has 0 aromatic heterocycles. The highest BCUT2D eigenvalue weighted by Crippen LogP contribution is 2.34. The van der Waals surface area contributed by atoms with Crippen LogP contribution in [-0.2, 0) is 0 Å². The van der Waals surface area contributed by atoms with Crippen molar-refractivity contribution < 1.29 is 0 Å². The van der Waals surface area contributed by atoms with Crippen molar-refractivity contribution in [1.29, 1.82) is 0 Å². The normalized spacial score (nSPS) is 13.3. The van der Waals surface area contributed by atoms with Crippen molar-refractivity contribution in [3.05, 3.63) is 34.9 Å². The zero-order valence-corrected chi connectivity index (χ0v) is 13.9. The maximum atomic E-state index is 6.62. The molecule has 0 amide bonds. The third-order valence-corrected chi connectivity index (χ3v) is 4.25. The molecular weight excluding hydrogens is 252 g/mol. The van der Waals surface area contributed by atoms with E-state index in [1.165, 1.54) is 36.0 Å². The second kappa shape index (κ2) is 7.94. The predicted octanol–water partition coefficient (Wildman–Crippen LogP) is 6.79. The van der Waals surface area contributed by atoms with E-state index >= 15 is 0 Å². The van der Waals surface area contributed by atoms with Gasteiger partial charge in [-0.2, -0.15) is 0 Å². The van der Waals surface area contributed by atoms with E-state index in [-0.39, 0.29) is 5.38 Å². The first-order valence-corrected chi connectivity index (χ1v) is 8.18. The maximum absolute atomic E-state index is 6.62. The number of alkyl halides is 1. The molecule has 0 radical (unpaired) electrons. The Morgan fingerprint density at radius 3 is 2.16 bits per heavy atom. The first-order valence-electron chi connectivity index (χ1n) is 7.75. The lowest BCUT2D eigenvalue weighted by Gasteiger charge is -2.19. The molecule has 0 saturated carbocycles. The fourth-order valence-electron chi connectivity index (χ4n) is 2.47. The van der Waals surface area contributed by atoms with Crippen LogP contribution in [0.3, 0.4) is 0 Å². The fourth-order valence-corrected chi connectivity index (χ4v) is 2.82. The number of unbranched alkanes of at least 4 members (excludes halogenated alkanes) is 2. The standard InChI is InChI=1S/C18H29Cl/c1-6-7-8-9-18(19)16-11-10-15(13(2)3)12-17(16)14(4)5/h10-14,18H,6-9H2,1-5H3. The molecule has 1 aromatic carbocycles. The summed E-state index contributed by atoms with van der Waals surface area (Å²) < 4.78 is 0. The minimum atomic E-state index is 0.171. The quantitative estimate of drug-likeness (QED) is 0.381. The molecule has 0 aliphatic heterocycles. The van der Waals surface area contributed by atoms with Gasteiger partial charge in [-0.25, -0.2) is 0 Å². The molecule has 1 atom stereocenters. The molecule has 1 heteroatoms. The molecular formula is C18H29Cl. The molecule has 1 aromatic rings. The van der Waals surface area contributed by atoms with Gasteiger partial charge in [0.05, 0.1) is 5.38 Å². The molecule has 0 spiro atoms. The van der Waals surface area contributed by atoms with E-state index < -0.39 is 0 Å². The largest absolute Gasteiger partial charge is 0.118 e. The third-order valence-electron chi connectivity index (χ3n) is 3.80. The molecule has 19 heavy (non-hydrogen) atoms. The van der Waals surface area contributed by atoms with E-state index in [0.717, 1.165) is 6.42 Å². The summed E-state index contributed by atoms with van der Waals surface area (Å²) >= 11 is 6.62. The van der Waals surface area contributed by atoms with Gasteiger partial charge in [0.1, 0.15) is 0 Å². The van der Waals surface area contributed by atoms with E-state index in [4.69, 9.17) is 11.6 Å². The molecule has 1 rings (SSSR count). The molecule has 0 nitrogen and oxygen atoms in total. The summed E-state index contributed by atoms with van der Waals surface area (Å²) in [5.41, 5.74) is 4.20. The Morgan fingerprint density at radius 2 is 1.63 bits per heavy atom. The summed E-state index contributed by atoms with van der Waals surface area (Å²) in [5.74, 6) is 1.13. The Bertz CT molecular complexity index is 379. The number of halogens is 1. The molecule has 0 aliphatic rings. The van der Waals surface area contributed by atoms with Crippen molar-refractivity contribution in [2.24, 2.45) is 0 Å². The van der Waals surface area contributed by atoms with Crippen LogP contribution < -0.4 is 0 Å². The lowest BCUT2D eigenvalue weighted by Crippen LogP contribution is -2.02. The minimum absolute atomic E-state index is 0.171. The molecule has 0 aliphatic carbocycles. The van der Waals surface area contributed by atoms with Crippen LogP contribution in [-0.4, -0.2) is 0 Å². The molecule has 0 N–H and O–H groups in total. The van der Waals surface area contributed by atoms with Crippen molar-refractivity contribution >= 4 is 11.6 Å².